The Morgan fingerprint density at radius 3 is 2.92 bits per heavy atom. The van der Waals surface area contributed by atoms with Gasteiger partial charge in [-0.1, -0.05) is 6.07 Å². The molecule has 2 aromatic carbocycles. The van der Waals surface area contributed by atoms with Gasteiger partial charge in [0.2, 0.25) is 0 Å². The average molecular weight is 503 g/mol. The van der Waals surface area contributed by atoms with Gasteiger partial charge in [0.25, 0.3) is 5.91 Å². The number of carbonyl (C=O) groups excluding carboxylic acids is 1. The number of rotatable bonds is 4. The predicted molar refractivity (Wildman–Crippen MR) is 138 cm³/mol. The molecule has 5 aliphatic rings. The maximum absolute atomic E-state index is 13.4. The van der Waals surface area contributed by atoms with E-state index in [1.165, 1.54) is 18.4 Å². The van der Waals surface area contributed by atoms with E-state index in [-0.39, 0.29) is 23.7 Å². The van der Waals surface area contributed by atoms with Crippen molar-refractivity contribution in [1.82, 2.24) is 10.2 Å². The maximum atomic E-state index is 13.4. The Morgan fingerprint density at radius 2 is 2.06 bits per heavy atom. The van der Waals surface area contributed by atoms with Crippen LogP contribution in [0.3, 0.4) is 0 Å². The van der Waals surface area contributed by atoms with Crippen molar-refractivity contribution >= 4 is 27.3 Å². The number of nitrogens with zero attached hydrogens (tertiary/aromatic N) is 1. The third-order valence-electron chi connectivity index (χ3n) is 9.79. The second-order valence-electron chi connectivity index (χ2n) is 11.6. The smallest absolute Gasteiger partial charge is 0.251 e. The lowest BCUT2D eigenvalue weighted by molar-refractivity contribution is -0.191. The number of aromatic hydroxyl groups is 1. The van der Waals surface area contributed by atoms with Crippen LogP contribution in [0.15, 0.2) is 41.8 Å². The first-order valence-electron chi connectivity index (χ1n) is 13.2. The van der Waals surface area contributed by atoms with Gasteiger partial charge in [-0.15, -0.1) is 11.3 Å². The molecular weight excluding hydrogens is 472 g/mol. The third kappa shape index (κ3) is 2.71. The monoisotopic (exact) mass is 502 g/mol. The highest BCUT2D eigenvalue weighted by Crippen LogP contribution is 2.65. The van der Waals surface area contributed by atoms with Gasteiger partial charge in [-0.25, -0.2) is 0 Å². The molecule has 2 bridgehead atoms. The zero-order valence-electron chi connectivity index (χ0n) is 20.1. The van der Waals surface area contributed by atoms with Gasteiger partial charge in [0.15, 0.2) is 11.5 Å². The van der Waals surface area contributed by atoms with Gasteiger partial charge >= 0.3 is 0 Å². The van der Waals surface area contributed by atoms with E-state index in [0.29, 0.717) is 24.2 Å². The molecule has 1 spiro atoms. The van der Waals surface area contributed by atoms with Crippen LogP contribution in [0.25, 0.3) is 10.1 Å². The Bertz CT molecular complexity index is 1420. The highest BCUT2D eigenvalue weighted by molar-refractivity contribution is 7.17. The van der Waals surface area contributed by atoms with E-state index in [1.807, 2.05) is 35.7 Å². The Morgan fingerprint density at radius 1 is 1.17 bits per heavy atom. The zero-order valence-corrected chi connectivity index (χ0v) is 20.9. The third-order valence-corrected chi connectivity index (χ3v) is 10.7. The van der Waals surface area contributed by atoms with E-state index in [9.17, 15) is 15.0 Å². The van der Waals surface area contributed by atoms with Crippen molar-refractivity contribution in [3.63, 3.8) is 0 Å². The molecule has 186 valence electrons. The topological polar surface area (TPSA) is 82.0 Å². The predicted octanol–water partition coefficient (Wildman–Crippen LogP) is 3.97. The minimum Gasteiger partial charge on any atom is -0.504 e. The summed E-state index contributed by atoms with van der Waals surface area (Å²) in [5, 5.41) is 29.7. The van der Waals surface area contributed by atoms with Crippen molar-refractivity contribution in [2.75, 3.05) is 13.1 Å². The van der Waals surface area contributed by atoms with Gasteiger partial charge < -0.3 is 20.3 Å². The molecule has 1 saturated heterocycles. The number of phenolic OH excluding ortho intramolecular Hbond substituents is 1. The summed E-state index contributed by atoms with van der Waals surface area (Å²) in [6.45, 7) is 1.97. The van der Waals surface area contributed by atoms with Crippen LogP contribution in [0.5, 0.6) is 11.5 Å². The summed E-state index contributed by atoms with van der Waals surface area (Å²) in [4.78, 5) is 15.9. The van der Waals surface area contributed by atoms with E-state index in [2.05, 4.69) is 10.2 Å². The lowest BCUT2D eigenvalue weighted by atomic mass is 9.48. The van der Waals surface area contributed by atoms with Crippen LogP contribution in [-0.4, -0.2) is 57.9 Å². The standard InChI is InChI=1S/C29H30N2O4S/c32-21-5-3-18-14-23-29(34)9-7-20(30-27(33)19-4-6-22-17(13-19)8-12-36-22)26-28(29,24(18)25(21)35-26)10-11-31(23)15-16-1-2-16/h3-6,8,12-13,16,20,23,26,32,34H,1-2,7,9-11,14-15H2,(H,30,33)/t20-,23+,26-,28-,29+/m0/s1. The number of ether oxygens (including phenoxy) is 1. The Kier molecular flexibility index (Phi) is 4.32. The first kappa shape index (κ1) is 21.5. The molecule has 0 unspecified atom stereocenters. The Labute approximate surface area is 213 Å². The summed E-state index contributed by atoms with van der Waals surface area (Å²) >= 11 is 1.67. The molecule has 7 heteroatoms. The number of carbonyl (C=O) groups is 1. The van der Waals surface area contributed by atoms with E-state index >= 15 is 0 Å². The molecule has 2 aliphatic heterocycles. The quantitative estimate of drug-likeness (QED) is 0.503. The first-order chi connectivity index (χ1) is 17.5. The summed E-state index contributed by atoms with van der Waals surface area (Å²) in [5.41, 5.74) is 1.26. The van der Waals surface area contributed by atoms with Gasteiger partial charge in [0, 0.05) is 28.4 Å². The number of thiophene rings is 1. The van der Waals surface area contributed by atoms with Crippen LogP contribution < -0.4 is 10.1 Å². The first-order valence-corrected chi connectivity index (χ1v) is 14.1. The highest BCUT2D eigenvalue weighted by Gasteiger charge is 2.73. The zero-order chi connectivity index (χ0) is 24.2. The lowest BCUT2D eigenvalue weighted by Gasteiger charge is -2.64. The molecule has 3 N–H and O–H groups in total. The molecule has 1 aromatic heterocycles. The van der Waals surface area contributed by atoms with Gasteiger partial charge in [-0.3, -0.25) is 9.69 Å². The van der Waals surface area contributed by atoms with Crippen LogP contribution in [0.2, 0.25) is 0 Å². The van der Waals surface area contributed by atoms with Crippen molar-refractivity contribution in [3.8, 4) is 11.5 Å². The molecule has 2 saturated carbocycles. The van der Waals surface area contributed by atoms with Gasteiger partial charge in [0.1, 0.15) is 6.10 Å². The molecule has 3 aromatic rings. The molecule has 3 heterocycles. The van der Waals surface area contributed by atoms with E-state index in [4.69, 9.17) is 4.74 Å². The summed E-state index contributed by atoms with van der Waals surface area (Å²) in [6.07, 6.45) is 4.99. The second-order valence-corrected chi connectivity index (χ2v) is 12.5. The average Bonchev–Trinajstić information content (AvgIpc) is 3.42. The van der Waals surface area contributed by atoms with E-state index in [1.54, 1.807) is 17.4 Å². The molecule has 6 nitrogen and oxygen atoms in total. The molecule has 3 fully saturated rings. The lowest BCUT2D eigenvalue weighted by Crippen LogP contribution is -2.78. The number of phenols is 1. The van der Waals surface area contributed by atoms with Crippen LogP contribution in [-0.2, 0) is 11.8 Å². The van der Waals surface area contributed by atoms with Crippen LogP contribution in [0, 0.1) is 5.92 Å². The molecule has 5 atom stereocenters. The fraction of sp³-hybridized carbons (Fsp3) is 0.483. The molecule has 3 aliphatic carbocycles. The molecule has 0 radical (unpaired) electrons. The van der Waals surface area contributed by atoms with Gasteiger partial charge in [-0.05, 0) is 97.6 Å². The van der Waals surface area contributed by atoms with Crippen molar-refractivity contribution < 1.29 is 19.7 Å². The van der Waals surface area contributed by atoms with E-state index in [0.717, 1.165) is 47.5 Å². The van der Waals surface area contributed by atoms with Crippen LogP contribution in [0.1, 0.15) is 53.6 Å². The van der Waals surface area contributed by atoms with Crippen LogP contribution >= 0.6 is 11.3 Å². The fourth-order valence-electron chi connectivity index (χ4n) is 7.99. The van der Waals surface area contributed by atoms with Crippen molar-refractivity contribution in [2.24, 2.45) is 5.92 Å². The Hall–Kier alpha value is -2.61. The minimum atomic E-state index is -0.937. The number of hydrogen-bond donors (Lipinski definition) is 3. The summed E-state index contributed by atoms with van der Waals surface area (Å²) in [7, 11) is 0. The van der Waals surface area contributed by atoms with Gasteiger partial charge in [-0.2, -0.15) is 0 Å². The summed E-state index contributed by atoms with van der Waals surface area (Å²) in [5.74, 6) is 1.29. The fourth-order valence-corrected chi connectivity index (χ4v) is 8.76. The number of amides is 1. The second kappa shape index (κ2) is 7.24. The number of nitrogens with one attached hydrogen (secondary N) is 1. The van der Waals surface area contributed by atoms with Crippen molar-refractivity contribution in [2.45, 2.75) is 67.7 Å². The summed E-state index contributed by atoms with van der Waals surface area (Å²) in [6, 6.07) is 11.4. The van der Waals surface area contributed by atoms with Gasteiger partial charge in [0.05, 0.1) is 17.1 Å². The number of benzene rings is 2. The largest absolute Gasteiger partial charge is 0.504 e. The van der Waals surface area contributed by atoms with E-state index < -0.39 is 17.1 Å². The molecule has 1 amide bonds. The number of piperidine rings is 1. The number of hydrogen-bond acceptors (Lipinski definition) is 6. The van der Waals surface area contributed by atoms with Crippen LogP contribution in [0.4, 0.5) is 0 Å². The highest BCUT2D eigenvalue weighted by atomic mass is 32.1. The minimum absolute atomic E-state index is 0.0404. The molecular formula is C29H30N2O4S. The SMILES string of the molecule is O=C(N[C@H]1CC[C@@]2(O)[C@H]3Cc4ccc(O)c5c4[C@@]2(CCN3CC2CC2)[C@H]1O5)c1ccc2sccc2c1. The maximum Gasteiger partial charge on any atom is 0.251 e. The normalized spacial score (nSPS) is 34.3. The molecule has 36 heavy (non-hydrogen) atoms. The van der Waals surface area contributed by atoms with Crippen molar-refractivity contribution in [3.05, 3.63) is 58.5 Å². The Balaban J connectivity index is 1.18. The number of fused-ring (bicyclic) bond motifs is 1. The summed E-state index contributed by atoms with van der Waals surface area (Å²) < 4.78 is 7.73. The van der Waals surface area contributed by atoms with Crippen molar-refractivity contribution in [1.29, 1.82) is 0 Å². The number of aliphatic hydroxyl groups is 1. The number of likely N-dealkylation sites (tertiary alicyclic amines) is 1. The molecule has 8 rings (SSSR count).